The number of rotatable bonds is 8. The molecule has 2 rings (SSSR count). The van der Waals surface area contributed by atoms with E-state index in [1.165, 1.54) is 24.3 Å². The number of anilines is 1. The Morgan fingerprint density at radius 2 is 1.67 bits per heavy atom. The molecule has 0 radical (unpaired) electrons. The van der Waals surface area contributed by atoms with Gasteiger partial charge in [-0.15, -0.1) is 0 Å². The minimum Gasteiger partial charge on any atom is -0.398 e. The van der Waals surface area contributed by atoms with E-state index in [4.69, 9.17) is 10.3 Å². The third-order valence-electron chi connectivity index (χ3n) is 3.64. The molecule has 0 saturated carbocycles. The summed E-state index contributed by atoms with van der Waals surface area (Å²) in [6, 6.07) is 7.50. The Bertz CT molecular complexity index is 1300. The van der Waals surface area contributed by atoms with Crippen LogP contribution in [0.1, 0.15) is 5.56 Å². The molecular formula is C15H17N3O9S3. The molecule has 12 nitrogen and oxygen atoms in total. The van der Waals surface area contributed by atoms with Gasteiger partial charge in [-0.2, -0.15) is 27.1 Å². The maximum Gasteiger partial charge on any atom is 0.397 e. The van der Waals surface area contributed by atoms with Crippen LogP contribution in [0.4, 0.5) is 17.1 Å². The molecule has 4 N–H and O–H groups in total. The van der Waals surface area contributed by atoms with Crippen LogP contribution >= 0.6 is 0 Å². The van der Waals surface area contributed by atoms with E-state index in [0.29, 0.717) is 5.56 Å². The number of benzene rings is 2. The van der Waals surface area contributed by atoms with Gasteiger partial charge in [0.25, 0.3) is 10.1 Å². The van der Waals surface area contributed by atoms with Crippen molar-refractivity contribution >= 4 is 47.4 Å². The summed E-state index contributed by atoms with van der Waals surface area (Å²) in [4.78, 5) is -0.747. The molecule has 0 heterocycles. The molecule has 0 aliphatic rings. The number of nitrogens with zero attached hydrogens (tertiary/aromatic N) is 2. The van der Waals surface area contributed by atoms with Crippen molar-refractivity contribution < 1.29 is 38.5 Å². The van der Waals surface area contributed by atoms with E-state index in [2.05, 4.69) is 14.4 Å². The highest BCUT2D eigenvalue weighted by atomic mass is 32.3. The predicted molar refractivity (Wildman–Crippen MR) is 106 cm³/mol. The van der Waals surface area contributed by atoms with E-state index in [0.717, 1.165) is 12.1 Å². The maximum absolute atomic E-state index is 12.3. The van der Waals surface area contributed by atoms with Gasteiger partial charge < -0.3 is 5.73 Å². The van der Waals surface area contributed by atoms with Gasteiger partial charge in [-0.05, 0) is 42.8 Å². The summed E-state index contributed by atoms with van der Waals surface area (Å²) in [5.41, 5.74) is 6.03. The molecule has 0 aliphatic heterocycles. The monoisotopic (exact) mass is 479 g/mol. The molecule has 2 aromatic rings. The summed E-state index contributed by atoms with van der Waals surface area (Å²) in [6.07, 6.45) is 0. The van der Waals surface area contributed by atoms with E-state index in [9.17, 15) is 29.8 Å². The summed E-state index contributed by atoms with van der Waals surface area (Å²) in [5.74, 6) is -0.720. The van der Waals surface area contributed by atoms with Crippen LogP contribution in [-0.2, 0) is 34.5 Å². The maximum atomic E-state index is 12.3. The van der Waals surface area contributed by atoms with Crippen LogP contribution in [0.5, 0.6) is 0 Å². The van der Waals surface area contributed by atoms with E-state index in [1.807, 2.05) is 0 Å². The molecule has 0 aromatic heterocycles. The molecule has 2 aromatic carbocycles. The molecule has 0 fully saturated rings. The minimum absolute atomic E-state index is 0.0756. The van der Waals surface area contributed by atoms with E-state index >= 15 is 0 Å². The zero-order chi connectivity index (χ0) is 22.7. The number of hydrogen-bond acceptors (Lipinski definition) is 10. The van der Waals surface area contributed by atoms with Crippen molar-refractivity contribution in [3.8, 4) is 0 Å². The van der Waals surface area contributed by atoms with Crippen LogP contribution in [-0.4, -0.2) is 46.7 Å². The lowest BCUT2D eigenvalue weighted by Crippen LogP contribution is -2.15. The zero-order valence-corrected chi connectivity index (χ0v) is 17.8. The Balaban J connectivity index is 2.30. The van der Waals surface area contributed by atoms with Gasteiger partial charge in [0.15, 0.2) is 9.84 Å². The smallest absolute Gasteiger partial charge is 0.397 e. The lowest BCUT2D eigenvalue weighted by molar-refractivity contribution is 0.284. The number of nitrogens with two attached hydrogens (primary N) is 1. The number of sulfone groups is 1. The van der Waals surface area contributed by atoms with Crippen LogP contribution < -0.4 is 5.73 Å². The molecule has 0 unspecified atom stereocenters. The highest BCUT2D eigenvalue weighted by Crippen LogP contribution is 2.30. The Kier molecular flexibility index (Phi) is 6.95. The summed E-state index contributed by atoms with van der Waals surface area (Å²) in [5, 5.41) is 7.73. The molecule has 0 atom stereocenters. The lowest BCUT2D eigenvalue weighted by Gasteiger charge is -2.07. The number of azo groups is 1. The summed E-state index contributed by atoms with van der Waals surface area (Å²) in [7, 11) is -13.3. The third-order valence-corrected chi connectivity index (χ3v) is 6.69. The van der Waals surface area contributed by atoms with Crippen molar-refractivity contribution in [2.24, 2.45) is 10.2 Å². The first kappa shape index (κ1) is 23.8. The topological polar surface area (TPSA) is 203 Å². The average molecular weight is 480 g/mol. The minimum atomic E-state index is -4.76. The Labute approximate surface area is 173 Å². The fraction of sp³-hybridized carbons (Fsp3) is 0.200. The van der Waals surface area contributed by atoms with Gasteiger partial charge >= 0.3 is 10.4 Å². The molecule has 30 heavy (non-hydrogen) atoms. The second-order valence-electron chi connectivity index (χ2n) is 5.92. The van der Waals surface area contributed by atoms with Crippen molar-refractivity contribution in [3.05, 3.63) is 42.0 Å². The molecule has 0 amide bonds. The summed E-state index contributed by atoms with van der Waals surface area (Å²) >= 11 is 0. The average Bonchev–Trinajstić information content (AvgIpc) is 2.59. The van der Waals surface area contributed by atoms with Gasteiger partial charge in [0.05, 0.1) is 34.3 Å². The van der Waals surface area contributed by atoms with Crippen molar-refractivity contribution in [2.45, 2.75) is 16.7 Å². The molecule has 0 saturated heterocycles. The van der Waals surface area contributed by atoms with Gasteiger partial charge in [0, 0.05) is 0 Å². The first-order valence-corrected chi connectivity index (χ1v) is 12.4. The Morgan fingerprint density at radius 1 is 1.00 bits per heavy atom. The first-order chi connectivity index (χ1) is 13.7. The van der Waals surface area contributed by atoms with Gasteiger partial charge in [-0.25, -0.2) is 12.6 Å². The fourth-order valence-corrected chi connectivity index (χ4v) is 4.39. The summed E-state index contributed by atoms with van der Waals surface area (Å²) < 4.78 is 90.0. The number of nitrogen functional groups attached to an aromatic ring is 1. The molecular weight excluding hydrogens is 462 g/mol. The van der Waals surface area contributed by atoms with Gasteiger partial charge in [0.2, 0.25) is 0 Å². The summed E-state index contributed by atoms with van der Waals surface area (Å²) in [6.45, 7) is 0.796. The second-order valence-corrected chi connectivity index (χ2v) is 10.5. The third kappa shape index (κ3) is 6.54. The van der Waals surface area contributed by atoms with E-state index < -0.39 is 47.6 Å². The van der Waals surface area contributed by atoms with Gasteiger partial charge in [-0.3, -0.25) is 9.11 Å². The first-order valence-electron chi connectivity index (χ1n) is 7.93. The number of aryl methyl sites for hydroxylation is 1. The normalized spacial score (nSPS) is 13.0. The fourth-order valence-electron chi connectivity index (χ4n) is 2.25. The van der Waals surface area contributed by atoms with Crippen LogP contribution in [0.25, 0.3) is 0 Å². The SMILES string of the molecule is Cc1cc(N)c(S(=O)(=O)O)cc1N=Nc1cccc(S(=O)(=O)CCOS(=O)(=O)O)c1. The largest absolute Gasteiger partial charge is 0.398 e. The molecule has 15 heteroatoms. The molecule has 164 valence electrons. The molecule has 0 bridgehead atoms. The van der Waals surface area contributed by atoms with Gasteiger partial charge in [-0.1, -0.05) is 6.07 Å². The molecule has 0 spiro atoms. The van der Waals surface area contributed by atoms with Crippen molar-refractivity contribution in [1.29, 1.82) is 0 Å². The molecule has 0 aliphatic carbocycles. The lowest BCUT2D eigenvalue weighted by atomic mass is 10.2. The van der Waals surface area contributed by atoms with E-state index in [-0.39, 0.29) is 22.0 Å². The Morgan fingerprint density at radius 3 is 2.27 bits per heavy atom. The second kappa shape index (κ2) is 8.75. The highest BCUT2D eigenvalue weighted by molar-refractivity contribution is 7.91. The Hall–Kier alpha value is -2.43. The zero-order valence-electron chi connectivity index (χ0n) is 15.3. The highest BCUT2D eigenvalue weighted by Gasteiger charge is 2.18. The van der Waals surface area contributed by atoms with Crippen LogP contribution in [0.2, 0.25) is 0 Å². The van der Waals surface area contributed by atoms with Crippen LogP contribution in [0.3, 0.4) is 0 Å². The van der Waals surface area contributed by atoms with Crippen LogP contribution in [0, 0.1) is 6.92 Å². The van der Waals surface area contributed by atoms with Crippen LogP contribution in [0.15, 0.2) is 56.4 Å². The van der Waals surface area contributed by atoms with Crippen molar-refractivity contribution in [1.82, 2.24) is 0 Å². The van der Waals surface area contributed by atoms with Gasteiger partial charge in [0.1, 0.15) is 4.90 Å². The predicted octanol–water partition coefficient (Wildman–Crippen LogP) is 1.83. The van der Waals surface area contributed by atoms with Crippen molar-refractivity contribution in [3.63, 3.8) is 0 Å². The standard InChI is InChI=1S/C15H17N3O9S3/c1-10-7-13(16)15(29(21,22)23)9-14(10)18-17-11-3-2-4-12(8-11)28(19,20)6-5-27-30(24,25)26/h2-4,7-9H,5-6,16H2,1H3,(H,21,22,23)(H,24,25,26). The number of hydrogen-bond donors (Lipinski definition) is 3. The van der Waals surface area contributed by atoms with Crippen molar-refractivity contribution in [2.75, 3.05) is 18.1 Å². The van der Waals surface area contributed by atoms with E-state index in [1.54, 1.807) is 6.92 Å². The quantitative estimate of drug-likeness (QED) is 0.284.